The summed E-state index contributed by atoms with van der Waals surface area (Å²) in [5, 5.41) is 10.6. The van der Waals surface area contributed by atoms with E-state index < -0.39 is 4.92 Å². The minimum absolute atomic E-state index is 0.0984. The Balaban J connectivity index is 2.78. The fraction of sp³-hybridized carbons (Fsp3) is 0.400. The number of ether oxygens (including phenoxy) is 1. The molecule has 0 radical (unpaired) electrons. The molecule has 4 nitrogen and oxygen atoms in total. The van der Waals surface area contributed by atoms with Crippen molar-refractivity contribution >= 4 is 17.3 Å². The number of nitrogens with zero attached hydrogens (tertiary/aromatic N) is 1. The topological polar surface area (TPSA) is 52.4 Å². The number of hydrogen-bond acceptors (Lipinski definition) is 3. The maximum atomic E-state index is 10.5. The van der Waals surface area contributed by atoms with Crippen LogP contribution in [0.2, 0.25) is 5.02 Å². The van der Waals surface area contributed by atoms with Crippen LogP contribution in [0.15, 0.2) is 18.2 Å². The highest BCUT2D eigenvalue weighted by Gasteiger charge is 2.12. The maximum Gasteiger partial charge on any atom is 0.288 e. The third-order valence-corrected chi connectivity index (χ3v) is 2.00. The monoisotopic (exact) mass is 229 g/mol. The van der Waals surface area contributed by atoms with Crippen LogP contribution in [0.3, 0.4) is 0 Å². The van der Waals surface area contributed by atoms with Gasteiger partial charge in [-0.3, -0.25) is 10.1 Å². The Labute approximate surface area is 93.0 Å². The van der Waals surface area contributed by atoms with Gasteiger partial charge in [0.15, 0.2) is 0 Å². The Morgan fingerprint density at radius 1 is 1.53 bits per heavy atom. The number of nitro groups is 1. The van der Waals surface area contributed by atoms with Crippen molar-refractivity contribution in [3.63, 3.8) is 0 Å². The van der Waals surface area contributed by atoms with Gasteiger partial charge in [0.1, 0.15) is 10.8 Å². The fourth-order valence-electron chi connectivity index (χ4n) is 0.988. The highest BCUT2D eigenvalue weighted by atomic mass is 35.5. The molecular formula is C10H12ClNO3. The molecule has 0 saturated carbocycles. The van der Waals surface area contributed by atoms with Crippen molar-refractivity contribution in [2.24, 2.45) is 5.92 Å². The Bertz CT molecular complexity index is 366. The van der Waals surface area contributed by atoms with Crippen LogP contribution < -0.4 is 4.74 Å². The van der Waals surface area contributed by atoms with Gasteiger partial charge in [-0.15, -0.1) is 0 Å². The number of hydrogen-bond donors (Lipinski definition) is 0. The summed E-state index contributed by atoms with van der Waals surface area (Å²) in [7, 11) is 0. The Morgan fingerprint density at radius 3 is 2.67 bits per heavy atom. The molecule has 0 N–H and O–H groups in total. The van der Waals surface area contributed by atoms with Crippen molar-refractivity contribution in [3.8, 4) is 5.75 Å². The second kappa shape index (κ2) is 4.98. The molecule has 1 aromatic rings. The average Bonchev–Trinajstić information content (AvgIpc) is 2.14. The van der Waals surface area contributed by atoms with Crippen LogP contribution in [0.25, 0.3) is 0 Å². The number of benzene rings is 1. The lowest BCUT2D eigenvalue weighted by atomic mass is 10.2. The molecule has 0 unspecified atom stereocenters. The van der Waals surface area contributed by atoms with Gasteiger partial charge in [-0.05, 0) is 12.0 Å². The van der Waals surface area contributed by atoms with Crippen LogP contribution in [0, 0.1) is 16.0 Å². The molecule has 0 aliphatic rings. The minimum atomic E-state index is -0.519. The molecule has 82 valence electrons. The van der Waals surface area contributed by atoms with E-state index in [9.17, 15) is 10.1 Å². The van der Waals surface area contributed by atoms with Crippen molar-refractivity contribution in [1.82, 2.24) is 0 Å². The molecule has 0 aliphatic heterocycles. The number of rotatable bonds is 4. The second-order valence-corrected chi connectivity index (χ2v) is 3.98. The summed E-state index contributed by atoms with van der Waals surface area (Å²) in [6.45, 7) is 4.61. The summed E-state index contributed by atoms with van der Waals surface area (Å²) >= 11 is 5.72. The van der Waals surface area contributed by atoms with Crippen molar-refractivity contribution in [2.45, 2.75) is 13.8 Å². The zero-order chi connectivity index (χ0) is 11.4. The quantitative estimate of drug-likeness (QED) is 0.588. The lowest BCUT2D eigenvalue weighted by Crippen LogP contribution is -2.04. The molecule has 0 atom stereocenters. The summed E-state index contributed by atoms with van der Waals surface area (Å²) in [6, 6.07) is 4.35. The van der Waals surface area contributed by atoms with Crippen LogP contribution in [0.4, 0.5) is 5.69 Å². The number of halogens is 1. The molecule has 1 rings (SSSR count). The second-order valence-electron chi connectivity index (χ2n) is 3.58. The van der Waals surface area contributed by atoms with Crippen LogP contribution in [-0.4, -0.2) is 11.5 Å². The molecule has 0 aliphatic carbocycles. The van der Waals surface area contributed by atoms with Gasteiger partial charge in [-0.1, -0.05) is 25.4 Å². The van der Waals surface area contributed by atoms with E-state index in [1.807, 2.05) is 13.8 Å². The molecule has 0 saturated heterocycles. The van der Waals surface area contributed by atoms with E-state index in [0.717, 1.165) is 0 Å². The zero-order valence-corrected chi connectivity index (χ0v) is 9.32. The largest absolute Gasteiger partial charge is 0.493 e. The Hall–Kier alpha value is -1.29. The van der Waals surface area contributed by atoms with Gasteiger partial charge in [-0.2, -0.15) is 0 Å². The molecule has 0 heterocycles. The molecule has 0 fully saturated rings. The highest BCUT2D eigenvalue weighted by molar-refractivity contribution is 6.32. The SMILES string of the molecule is CC(C)COc1ccc([N+](=O)[O-])c(Cl)c1. The van der Waals surface area contributed by atoms with Crippen molar-refractivity contribution in [3.05, 3.63) is 33.3 Å². The first-order valence-corrected chi connectivity index (χ1v) is 4.95. The van der Waals surface area contributed by atoms with E-state index >= 15 is 0 Å². The van der Waals surface area contributed by atoms with Crippen molar-refractivity contribution in [2.75, 3.05) is 6.61 Å². The molecule has 0 amide bonds. The van der Waals surface area contributed by atoms with E-state index in [2.05, 4.69) is 0 Å². The fourth-order valence-corrected chi connectivity index (χ4v) is 1.23. The third kappa shape index (κ3) is 3.40. The van der Waals surface area contributed by atoms with Gasteiger partial charge in [0.25, 0.3) is 5.69 Å². The molecular weight excluding hydrogens is 218 g/mol. The Morgan fingerprint density at radius 2 is 2.20 bits per heavy atom. The van der Waals surface area contributed by atoms with Crippen LogP contribution in [0.1, 0.15) is 13.8 Å². The molecule has 0 bridgehead atoms. The van der Waals surface area contributed by atoms with E-state index in [1.54, 1.807) is 6.07 Å². The van der Waals surface area contributed by atoms with Gasteiger partial charge in [0.2, 0.25) is 0 Å². The highest BCUT2D eigenvalue weighted by Crippen LogP contribution is 2.28. The standard InChI is InChI=1S/C10H12ClNO3/c1-7(2)6-15-8-3-4-10(12(13)14)9(11)5-8/h3-5,7H,6H2,1-2H3. The average molecular weight is 230 g/mol. The molecule has 5 heteroatoms. The molecule has 1 aromatic carbocycles. The van der Waals surface area contributed by atoms with Gasteiger partial charge < -0.3 is 4.74 Å². The summed E-state index contributed by atoms with van der Waals surface area (Å²) in [6.07, 6.45) is 0. The van der Waals surface area contributed by atoms with Gasteiger partial charge in [0, 0.05) is 12.1 Å². The summed E-state index contributed by atoms with van der Waals surface area (Å²) < 4.78 is 5.38. The first-order valence-electron chi connectivity index (χ1n) is 4.57. The summed E-state index contributed by atoms with van der Waals surface area (Å²) in [5.41, 5.74) is -0.103. The van der Waals surface area contributed by atoms with Gasteiger partial charge >= 0.3 is 0 Å². The molecule has 0 aromatic heterocycles. The predicted molar refractivity (Wildman–Crippen MR) is 58.4 cm³/mol. The van der Waals surface area contributed by atoms with E-state index in [-0.39, 0.29) is 10.7 Å². The van der Waals surface area contributed by atoms with Crippen LogP contribution in [-0.2, 0) is 0 Å². The minimum Gasteiger partial charge on any atom is -0.493 e. The van der Waals surface area contributed by atoms with E-state index in [4.69, 9.17) is 16.3 Å². The first-order chi connectivity index (χ1) is 7.00. The third-order valence-electron chi connectivity index (χ3n) is 1.70. The summed E-state index contributed by atoms with van der Waals surface area (Å²) in [5.74, 6) is 0.957. The predicted octanol–water partition coefficient (Wildman–Crippen LogP) is 3.28. The van der Waals surface area contributed by atoms with Crippen LogP contribution >= 0.6 is 11.6 Å². The lowest BCUT2D eigenvalue weighted by molar-refractivity contribution is -0.384. The maximum absolute atomic E-state index is 10.5. The van der Waals surface area contributed by atoms with Crippen molar-refractivity contribution < 1.29 is 9.66 Å². The van der Waals surface area contributed by atoms with Gasteiger partial charge in [-0.25, -0.2) is 0 Å². The normalized spacial score (nSPS) is 10.4. The molecule has 15 heavy (non-hydrogen) atoms. The zero-order valence-electron chi connectivity index (χ0n) is 8.57. The smallest absolute Gasteiger partial charge is 0.288 e. The van der Waals surface area contributed by atoms with Gasteiger partial charge in [0.05, 0.1) is 11.5 Å². The van der Waals surface area contributed by atoms with Crippen LogP contribution in [0.5, 0.6) is 5.75 Å². The van der Waals surface area contributed by atoms with Crippen molar-refractivity contribution in [1.29, 1.82) is 0 Å². The van der Waals surface area contributed by atoms with E-state index in [1.165, 1.54) is 12.1 Å². The first kappa shape index (κ1) is 11.8. The lowest BCUT2D eigenvalue weighted by Gasteiger charge is -2.08. The summed E-state index contributed by atoms with van der Waals surface area (Å²) in [4.78, 5) is 9.96. The number of nitro benzene ring substituents is 1. The Kier molecular flexibility index (Phi) is 3.91. The molecule has 0 spiro atoms. The van der Waals surface area contributed by atoms with E-state index in [0.29, 0.717) is 18.3 Å².